The number of hydrogen-bond donors (Lipinski definition) is 2. The zero-order valence-electron chi connectivity index (χ0n) is 12.9. The van der Waals surface area contributed by atoms with E-state index in [9.17, 15) is 13.2 Å². The molecule has 1 atom stereocenters. The van der Waals surface area contributed by atoms with Crippen LogP contribution in [-0.2, 0) is 0 Å². The number of halogens is 3. The van der Waals surface area contributed by atoms with Crippen LogP contribution in [-0.4, -0.2) is 22.5 Å². The van der Waals surface area contributed by atoms with Crippen LogP contribution in [0.5, 0.6) is 0 Å². The maximum atomic E-state index is 12.2. The van der Waals surface area contributed by atoms with E-state index in [-0.39, 0.29) is 16.6 Å². The summed E-state index contributed by atoms with van der Waals surface area (Å²) < 4.78 is 40.0. The summed E-state index contributed by atoms with van der Waals surface area (Å²) in [4.78, 5) is 4.09. The molecule has 3 nitrogen and oxygen atoms in total. The van der Waals surface area contributed by atoms with Gasteiger partial charge < -0.3 is 5.32 Å². The van der Waals surface area contributed by atoms with Gasteiger partial charge in [0.1, 0.15) is 12.4 Å². The molecule has 2 N–H and O–H groups in total. The maximum Gasteiger partial charge on any atom is 0.405 e. The molecule has 0 aromatic carbocycles. The lowest BCUT2D eigenvalue weighted by atomic mass is 10.1. The first-order valence-electron chi connectivity index (χ1n) is 6.68. The first-order chi connectivity index (χ1) is 9.48. The van der Waals surface area contributed by atoms with E-state index in [0.29, 0.717) is 5.56 Å². The first kappa shape index (κ1) is 18.1. The Bertz CT molecular complexity index is 470. The number of anilines is 1. The Morgan fingerprint density at radius 2 is 1.90 bits per heavy atom. The van der Waals surface area contributed by atoms with Gasteiger partial charge in [0.25, 0.3) is 0 Å². The summed E-state index contributed by atoms with van der Waals surface area (Å²) >= 11 is 1.62. The van der Waals surface area contributed by atoms with E-state index in [2.05, 4.69) is 35.8 Å². The van der Waals surface area contributed by atoms with Crippen LogP contribution < -0.4 is 10.0 Å². The second-order valence-corrected chi connectivity index (χ2v) is 7.62. The van der Waals surface area contributed by atoms with Gasteiger partial charge in [0.15, 0.2) is 0 Å². The van der Waals surface area contributed by atoms with E-state index in [1.165, 1.54) is 0 Å². The summed E-state index contributed by atoms with van der Waals surface area (Å²) in [6.07, 6.45) is -2.64. The van der Waals surface area contributed by atoms with E-state index >= 15 is 0 Å². The Morgan fingerprint density at radius 3 is 2.38 bits per heavy atom. The molecule has 7 heteroatoms. The molecule has 1 aromatic rings. The predicted molar refractivity (Wildman–Crippen MR) is 82.4 cm³/mol. The van der Waals surface area contributed by atoms with Crippen LogP contribution in [0.15, 0.2) is 12.3 Å². The number of hydrogen-bond acceptors (Lipinski definition) is 4. The van der Waals surface area contributed by atoms with Crippen LogP contribution in [0, 0.1) is 6.92 Å². The molecule has 1 rings (SSSR count). The summed E-state index contributed by atoms with van der Waals surface area (Å²) in [6.45, 7) is 8.98. The quantitative estimate of drug-likeness (QED) is 0.785. The number of rotatable bonds is 5. The highest BCUT2D eigenvalue weighted by molar-refractivity contribution is 7.98. The second-order valence-electron chi connectivity index (χ2n) is 5.96. The number of nitrogens with one attached hydrogen (secondary N) is 2. The number of alkyl halides is 3. The normalized spacial score (nSPS) is 14.1. The van der Waals surface area contributed by atoms with Gasteiger partial charge >= 0.3 is 6.18 Å². The highest BCUT2D eigenvalue weighted by atomic mass is 32.2. The fourth-order valence-corrected chi connectivity index (χ4v) is 2.20. The molecule has 0 spiro atoms. The van der Waals surface area contributed by atoms with Gasteiger partial charge in [-0.05, 0) is 51.8 Å². The molecule has 1 unspecified atom stereocenters. The van der Waals surface area contributed by atoms with Crippen molar-refractivity contribution in [1.29, 1.82) is 0 Å². The zero-order valence-corrected chi connectivity index (χ0v) is 13.7. The largest absolute Gasteiger partial charge is 0.405 e. The molecule has 120 valence electrons. The van der Waals surface area contributed by atoms with Crippen LogP contribution in [0.4, 0.5) is 19.0 Å². The molecule has 0 aliphatic carbocycles. The van der Waals surface area contributed by atoms with Crippen LogP contribution in [0.1, 0.15) is 44.9 Å². The SMILES string of the molecule is Cc1cc(C(C)NSC(C)(C)C)cnc1NCC(F)(F)F. The van der Waals surface area contributed by atoms with E-state index < -0.39 is 12.7 Å². The van der Waals surface area contributed by atoms with Crippen LogP contribution in [0.25, 0.3) is 0 Å². The first-order valence-corrected chi connectivity index (χ1v) is 7.50. The van der Waals surface area contributed by atoms with Crippen molar-refractivity contribution in [2.75, 3.05) is 11.9 Å². The Hall–Kier alpha value is -0.950. The summed E-state index contributed by atoms with van der Waals surface area (Å²) in [5.74, 6) is 0.270. The number of aryl methyl sites for hydroxylation is 1. The topological polar surface area (TPSA) is 37.0 Å². The molecule has 21 heavy (non-hydrogen) atoms. The highest BCUT2D eigenvalue weighted by Crippen LogP contribution is 2.26. The van der Waals surface area contributed by atoms with Gasteiger partial charge in [-0.1, -0.05) is 11.9 Å². The average molecular weight is 321 g/mol. The Labute approximate surface area is 128 Å². The summed E-state index contributed by atoms with van der Waals surface area (Å²) in [6, 6.07) is 1.92. The molecule has 0 aliphatic rings. The summed E-state index contributed by atoms with van der Waals surface area (Å²) in [5, 5.41) is 2.31. The molecule has 0 radical (unpaired) electrons. The molecule has 0 bridgehead atoms. The van der Waals surface area contributed by atoms with E-state index in [0.717, 1.165) is 5.56 Å². The molecule has 0 saturated heterocycles. The van der Waals surface area contributed by atoms with E-state index in [4.69, 9.17) is 0 Å². The van der Waals surface area contributed by atoms with Crippen molar-refractivity contribution in [2.45, 2.75) is 51.6 Å². The summed E-state index contributed by atoms with van der Waals surface area (Å²) in [5.41, 5.74) is 1.65. The Morgan fingerprint density at radius 1 is 1.29 bits per heavy atom. The van der Waals surface area contributed by atoms with Gasteiger partial charge in [0, 0.05) is 17.0 Å². The lowest BCUT2D eigenvalue weighted by Crippen LogP contribution is -2.23. The third kappa shape index (κ3) is 7.04. The number of aromatic nitrogens is 1. The van der Waals surface area contributed by atoms with Gasteiger partial charge in [0.2, 0.25) is 0 Å². The molecule has 0 aliphatic heterocycles. The molecule has 0 saturated carbocycles. The van der Waals surface area contributed by atoms with Gasteiger partial charge in [-0.25, -0.2) is 4.98 Å². The summed E-state index contributed by atoms with van der Waals surface area (Å²) in [7, 11) is 0. The third-order valence-electron chi connectivity index (χ3n) is 2.60. The maximum absolute atomic E-state index is 12.2. The van der Waals surface area contributed by atoms with Gasteiger partial charge in [-0.15, -0.1) is 0 Å². The van der Waals surface area contributed by atoms with Crippen molar-refractivity contribution in [3.05, 3.63) is 23.4 Å². The van der Waals surface area contributed by atoms with Crippen molar-refractivity contribution in [1.82, 2.24) is 9.71 Å². The minimum Gasteiger partial charge on any atom is -0.361 e. The lowest BCUT2D eigenvalue weighted by Gasteiger charge is -2.22. The van der Waals surface area contributed by atoms with Gasteiger partial charge in [-0.2, -0.15) is 13.2 Å². The molecule has 0 fully saturated rings. The number of nitrogens with zero attached hydrogens (tertiary/aromatic N) is 1. The minimum absolute atomic E-state index is 0.0668. The molecule has 1 heterocycles. The fourth-order valence-electron chi connectivity index (χ4n) is 1.54. The van der Waals surface area contributed by atoms with E-state index in [1.807, 2.05) is 13.0 Å². The smallest absolute Gasteiger partial charge is 0.361 e. The zero-order chi connectivity index (χ0) is 16.3. The Kier molecular flexibility index (Phi) is 5.92. The third-order valence-corrected chi connectivity index (χ3v) is 3.68. The molecule has 0 amide bonds. The second kappa shape index (κ2) is 6.87. The van der Waals surface area contributed by atoms with Crippen LogP contribution in [0.3, 0.4) is 0 Å². The average Bonchev–Trinajstić information content (AvgIpc) is 2.32. The Balaban J connectivity index is 2.69. The van der Waals surface area contributed by atoms with Crippen molar-refractivity contribution in [3.63, 3.8) is 0 Å². The molecule has 1 aromatic heterocycles. The van der Waals surface area contributed by atoms with Crippen LogP contribution in [0.2, 0.25) is 0 Å². The standard InChI is InChI=1S/C14H22F3N3S/c1-9-6-11(10(2)20-21-13(3,4)5)7-18-12(9)19-8-14(15,16)17/h6-7,10,20H,8H2,1-5H3,(H,18,19). The van der Waals surface area contributed by atoms with Gasteiger partial charge in [0.05, 0.1) is 0 Å². The van der Waals surface area contributed by atoms with Crippen molar-refractivity contribution in [3.8, 4) is 0 Å². The van der Waals surface area contributed by atoms with Gasteiger partial charge in [-0.3, -0.25) is 4.72 Å². The van der Waals surface area contributed by atoms with Crippen molar-refractivity contribution < 1.29 is 13.2 Å². The predicted octanol–water partition coefficient (Wildman–Crippen LogP) is 4.46. The molecular formula is C14H22F3N3S. The van der Waals surface area contributed by atoms with Crippen LogP contribution >= 0.6 is 11.9 Å². The van der Waals surface area contributed by atoms with Crippen molar-refractivity contribution >= 4 is 17.8 Å². The fraction of sp³-hybridized carbons (Fsp3) is 0.643. The lowest BCUT2D eigenvalue weighted by molar-refractivity contribution is -0.115. The highest BCUT2D eigenvalue weighted by Gasteiger charge is 2.27. The molecular weight excluding hydrogens is 299 g/mol. The van der Waals surface area contributed by atoms with E-state index in [1.54, 1.807) is 25.1 Å². The minimum atomic E-state index is -4.25. The monoisotopic (exact) mass is 321 g/mol. The number of pyridine rings is 1. The van der Waals surface area contributed by atoms with Crippen molar-refractivity contribution in [2.24, 2.45) is 0 Å².